The molecule has 1 aromatic carbocycles. The molecule has 1 saturated heterocycles. The highest BCUT2D eigenvalue weighted by Gasteiger charge is 2.24. The van der Waals surface area contributed by atoms with E-state index in [0.29, 0.717) is 22.8 Å². The highest BCUT2D eigenvalue weighted by molar-refractivity contribution is 6.00. The lowest BCUT2D eigenvalue weighted by Crippen LogP contribution is -2.36. The molecule has 2 heterocycles. The van der Waals surface area contributed by atoms with Crippen LogP contribution in [0.5, 0.6) is 0 Å². The summed E-state index contributed by atoms with van der Waals surface area (Å²) in [5.41, 5.74) is 1.02. The number of rotatable bonds is 3. The molecule has 0 spiro atoms. The predicted octanol–water partition coefficient (Wildman–Crippen LogP) is 2.13. The standard InChI is InChI=1S/C17H22N4O2/c1-17(2,3)16-20-15(23-21-16)13-7-5-4-6-12(13)14(22)19-11-8-9-18-10-11/h4-7,11,18H,8-10H2,1-3H3,(H,19,22). The quantitative estimate of drug-likeness (QED) is 0.907. The van der Waals surface area contributed by atoms with Gasteiger partial charge in [-0.05, 0) is 25.1 Å². The molecule has 0 radical (unpaired) electrons. The number of hydrogen-bond acceptors (Lipinski definition) is 5. The van der Waals surface area contributed by atoms with E-state index in [9.17, 15) is 4.79 Å². The maximum absolute atomic E-state index is 12.6. The van der Waals surface area contributed by atoms with Crippen LogP contribution < -0.4 is 10.6 Å². The predicted molar refractivity (Wildman–Crippen MR) is 87.2 cm³/mol. The number of benzene rings is 1. The number of nitrogens with one attached hydrogen (secondary N) is 2. The normalized spacial score (nSPS) is 18.1. The van der Waals surface area contributed by atoms with E-state index in [1.54, 1.807) is 6.07 Å². The first-order chi connectivity index (χ1) is 10.9. The number of nitrogens with zero attached hydrogens (tertiary/aromatic N) is 2. The fourth-order valence-electron chi connectivity index (χ4n) is 2.55. The summed E-state index contributed by atoms with van der Waals surface area (Å²) in [6.07, 6.45) is 0.947. The second-order valence-electron chi connectivity index (χ2n) is 6.88. The summed E-state index contributed by atoms with van der Waals surface area (Å²) < 4.78 is 5.38. The van der Waals surface area contributed by atoms with Crippen LogP contribution in [-0.2, 0) is 5.41 Å². The molecule has 2 aromatic rings. The van der Waals surface area contributed by atoms with Crippen molar-refractivity contribution >= 4 is 5.91 Å². The van der Waals surface area contributed by atoms with Gasteiger partial charge in [0.15, 0.2) is 5.82 Å². The highest BCUT2D eigenvalue weighted by atomic mass is 16.5. The van der Waals surface area contributed by atoms with Gasteiger partial charge in [0.05, 0.1) is 11.1 Å². The maximum Gasteiger partial charge on any atom is 0.258 e. The maximum atomic E-state index is 12.6. The fourth-order valence-corrected chi connectivity index (χ4v) is 2.55. The van der Waals surface area contributed by atoms with Crippen LogP contribution in [0.3, 0.4) is 0 Å². The number of hydrogen-bond donors (Lipinski definition) is 2. The fraction of sp³-hybridized carbons (Fsp3) is 0.471. The van der Waals surface area contributed by atoms with E-state index in [4.69, 9.17) is 4.52 Å². The molecule has 1 aromatic heterocycles. The zero-order chi connectivity index (χ0) is 16.4. The molecule has 1 atom stereocenters. The molecule has 0 saturated carbocycles. The molecule has 0 aliphatic carbocycles. The molecule has 122 valence electrons. The van der Waals surface area contributed by atoms with E-state index in [1.165, 1.54) is 0 Å². The largest absolute Gasteiger partial charge is 0.348 e. The highest BCUT2D eigenvalue weighted by Crippen LogP contribution is 2.26. The minimum atomic E-state index is -0.200. The average Bonchev–Trinajstić information content (AvgIpc) is 3.18. The lowest BCUT2D eigenvalue weighted by Gasteiger charge is -2.13. The van der Waals surface area contributed by atoms with Crippen LogP contribution in [0.2, 0.25) is 0 Å². The second kappa shape index (κ2) is 6.12. The Balaban J connectivity index is 1.88. The summed E-state index contributed by atoms with van der Waals surface area (Å²) in [5, 5.41) is 10.3. The second-order valence-corrected chi connectivity index (χ2v) is 6.88. The first-order valence-corrected chi connectivity index (χ1v) is 7.90. The van der Waals surface area contributed by atoms with Crippen LogP contribution in [0.1, 0.15) is 43.4 Å². The van der Waals surface area contributed by atoms with Gasteiger partial charge in [-0.15, -0.1) is 0 Å². The summed E-state index contributed by atoms with van der Waals surface area (Å²) in [7, 11) is 0. The summed E-state index contributed by atoms with van der Waals surface area (Å²) in [4.78, 5) is 17.0. The van der Waals surface area contributed by atoms with Crippen molar-refractivity contribution in [3.63, 3.8) is 0 Å². The smallest absolute Gasteiger partial charge is 0.258 e. The zero-order valence-corrected chi connectivity index (χ0v) is 13.7. The first-order valence-electron chi connectivity index (χ1n) is 7.90. The molecule has 6 nitrogen and oxygen atoms in total. The van der Waals surface area contributed by atoms with Crippen molar-refractivity contribution in [2.75, 3.05) is 13.1 Å². The van der Waals surface area contributed by atoms with E-state index >= 15 is 0 Å². The Morgan fingerprint density at radius 1 is 1.35 bits per heavy atom. The van der Waals surface area contributed by atoms with Gasteiger partial charge in [-0.25, -0.2) is 0 Å². The Morgan fingerprint density at radius 3 is 2.78 bits per heavy atom. The molecule has 1 unspecified atom stereocenters. The van der Waals surface area contributed by atoms with Crippen molar-refractivity contribution in [1.82, 2.24) is 20.8 Å². The van der Waals surface area contributed by atoms with Crippen molar-refractivity contribution in [2.45, 2.75) is 38.6 Å². The molecule has 23 heavy (non-hydrogen) atoms. The lowest BCUT2D eigenvalue weighted by molar-refractivity contribution is 0.0940. The van der Waals surface area contributed by atoms with E-state index in [0.717, 1.165) is 19.5 Å². The van der Waals surface area contributed by atoms with Gasteiger partial charge in [0.25, 0.3) is 11.8 Å². The molecule has 1 aliphatic rings. The van der Waals surface area contributed by atoms with Gasteiger partial charge >= 0.3 is 0 Å². The molecular formula is C17H22N4O2. The monoisotopic (exact) mass is 314 g/mol. The van der Waals surface area contributed by atoms with Crippen molar-refractivity contribution in [2.24, 2.45) is 0 Å². The van der Waals surface area contributed by atoms with E-state index in [1.807, 2.05) is 39.0 Å². The molecular weight excluding hydrogens is 292 g/mol. The van der Waals surface area contributed by atoms with Crippen molar-refractivity contribution in [1.29, 1.82) is 0 Å². The molecule has 6 heteroatoms. The summed E-state index contributed by atoms with van der Waals surface area (Å²) in [6, 6.07) is 7.50. The number of amides is 1. The van der Waals surface area contributed by atoms with Crippen molar-refractivity contribution < 1.29 is 9.32 Å². The summed E-state index contributed by atoms with van der Waals surface area (Å²) >= 11 is 0. The van der Waals surface area contributed by atoms with Gasteiger partial charge in [0.1, 0.15) is 0 Å². The third kappa shape index (κ3) is 3.42. The van der Waals surface area contributed by atoms with Gasteiger partial charge in [0.2, 0.25) is 0 Å². The molecule has 1 fully saturated rings. The van der Waals surface area contributed by atoms with E-state index < -0.39 is 0 Å². The molecule has 1 aliphatic heterocycles. The Hall–Kier alpha value is -2.21. The van der Waals surface area contributed by atoms with E-state index in [-0.39, 0.29) is 17.4 Å². The van der Waals surface area contributed by atoms with Crippen LogP contribution in [-0.4, -0.2) is 35.2 Å². The van der Waals surface area contributed by atoms with Gasteiger partial charge in [-0.1, -0.05) is 38.1 Å². The number of carbonyl (C=O) groups is 1. The Bertz CT molecular complexity index is 697. The third-order valence-corrected chi connectivity index (χ3v) is 3.89. The minimum Gasteiger partial charge on any atom is -0.348 e. The first kappa shape index (κ1) is 15.7. The minimum absolute atomic E-state index is 0.107. The number of aromatic nitrogens is 2. The molecule has 0 bridgehead atoms. The third-order valence-electron chi connectivity index (χ3n) is 3.89. The van der Waals surface area contributed by atoms with Gasteiger partial charge in [-0.3, -0.25) is 4.79 Å². The Morgan fingerprint density at radius 2 is 2.13 bits per heavy atom. The van der Waals surface area contributed by atoms with Gasteiger partial charge in [0, 0.05) is 18.0 Å². The SMILES string of the molecule is CC(C)(C)c1noc(-c2ccccc2C(=O)NC2CCNC2)n1. The molecule has 3 rings (SSSR count). The van der Waals surface area contributed by atoms with E-state index in [2.05, 4.69) is 20.8 Å². The van der Waals surface area contributed by atoms with Crippen LogP contribution >= 0.6 is 0 Å². The van der Waals surface area contributed by atoms with Crippen molar-refractivity contribution in [3.8, 4) is 11.5 Å². The van der Waals surface area contributed by atoms with Gasteiger partial charge < -0.3 is 15.2 Å². The van der Waals surface area contributed by atoms with Crippen LogP contribution in [0.4, 0.5) is 0 Å². The Kier molecular flexibility index (Phi) is 4.17. The molecule has 2 N–H and O–H groups in total. The van der Waals surface area contributed by atoms with Gasteiger partial charge in [-0.2, -0.15) is 4.98 Å². The van der Waals surface area contributed by atoms with Crippen molar-refractivity contribution in [3.05, 3.63) is 35.7 Å². The lowest BCUT2D eigenvalue weighted by atomic mass is 9.96. The Labute approximate surface area is 135 Å². The average molecular weight is 314 g/mol. The zero-order valence-electron chi connectivity index (χ0n) is 13.7. The summed E-state index contributed by atoms with van der Waals surface area (Å²) in [5.74, 6) is 0.901. The summed E-state index contributed by atoms with van der Waals surface area (Å²) in [6.45, 7) is 7.81. The van der Waals surface area contributed by atoms with Crippen LogP contribution in [0.25, 0.3) is 11.5 Å². The van der Waals surface area contributed by atoms with Crippen LogP contribution in [0.15, 0.2) is 28.8 Å². The molecule has 1 amide bonds. The number of carbonyl (C=O) groups excluding carboxylic acids is 1. The topological polar surface area (TPSA) is 80.0 Å². The van der Waals surface area contributed by atoms with Crippen LogP contribution in [0, 0.1) is 0 Å².